The van der Waals surface area contributed by atoms with Crippen LogP contribution in [0, 0.1) is 6.92 Å². The van der Waals surface area contributed by atoms with Gasteiger partial charge >= 0.3 is 8.69 Å². The predicted molar refractivity (Wildman–Crippen MR) is 40.8 cm³/mol. The zero-order valence-electron chi connectivity index (χ0n) is 5.63. The monoisotopic (exact) mass is 155 g/mol. The fraction of sp³-hybridized carbons (Fsp3) is 0.143. The van der Waals surface area contributed by atoms with Crippen molar-refractivity contribution < 1.29 is 9.09 Å². The summed E-state index contributed by atoms with van der Waals surface area (Å²) in [6.45, 7) is 1.91. The molecule has 0 aliphatic heterocycles. The Morgan fingerprint density at radius 3 is 2.70 bits per heavy atom. The standard InChI is InChI=1S/C7H8O2P/c1-6-4-2-3-5-7(6)9-10-8/h2-5,10H,1H3/q+1. The van der Waals surface area contributed by atoms with Crippen LogP contribution in [0.4, 0.5) is 0 Å². The molecule has 0 bridgehead atoms. The van der Waals surface area contributed by atoms with Crippen molar-refractivity contribution in [3.63, 3.8) is 0 Å². The first-order valence-corrected chi connectivity index (χ1v) is 3.76. The van der Waals surface area contributed by atoms with Gasteiger partial charge < -0.3 is 0 Å². The summed E-state index contributed by atoms with van der Waals surface area (Å²) in [6.07, 6.45) is 0. The highest BCUT2D eigenvalue weighted by Crippen LogP contribution is 2.19. The normalized spacial score (nSPS) is 9.70. The van der Waals surface area contributed by atoms with E-state index in [0.717, 1.165) is 5.56 Å². The van der Waals surface area contributed by atoms with Crippen molar-refractivity contribution in [1.82, 2.24) is 0 Å². The summed E-state index contributed by atoms with van der Waals surface area (Å²) in [5.74, 6) is 0.691. The molecule has 0 aromatic heterocycles. The lowest BCUT2D eigenvalue weighted by Gasteiger charge is -1.93. The van der Waals surface area contributed by atoms with E-state index in [0.29, 0.717) is 5.75 Å². The topological polar surface area (TPSA) is 26.3 Å². The molecule has 0 N–H and O–H groups in total. The van der Waals surface area contributed by atoms with Crippen LogP contribution < -0.4 is 4.52 Å². The Labute approximate surface area is 61.1 Å². The molecule has 1 rings (SSSR count). The second kappa shape index (κ2) is 3.33. The molecule has 2 nitrogen and oxygen atoms in total. The number of rotatable bonds is 2. The van der Waals surface area contributed by atoms with Gasteiger partial charge in [-0.3, -0.25) is 4.52 Å². The van der Waals surface area contributed by atoms with Gasteiger partial charge in [-0.15, -0.1) is 0 Å². The molecule has 0 fully saturated rings. The highest BCUT2D eigenvalue weighted by molar-refractivity contribution is 7.17. The maximum absolute atomic E-state index is 10.1. The largest absolute Gasteiger partial charge is 0.542 e. The maximum atomic E-state index is 10.1. The van der Waals surface area contributed by atoms with Crippen LogP contribution in [0.1, 0.15) is 5.56 Å². The molecule has 0 spiro atoms. The van der Waals surface area contributed by atoms with Gasteiger partial charge in [0.15, 0.2) is 5.75 Å². The van der Waals surface area contributed by atoms with Crippen molar-refractivity contribution in [3.8, 4) is 5.75 Å². The van der Waals surface area contributed by atoms with Gasteiger partial charge in [-0.05, 0) is 23.1 Å². The third-order valence-corrected chi connectivity index (χ3v) is 1.55. The molecule has 1 atom stereocenters. The van der Waals surface area contributed by atoms with E-state index >= 15 is 0 Å². The Bertz CT molecular complexity index is 235. The molecule has 52 valence electrons. The second-order valence-electron chi connectivity index (χ2n) is 1.95. The maximum Gasteiger partial charge on any atom is 0.542 e. The van der Waals surface area contributed by atoms with Crippen LogP contribution in [0.5, 0.6) is 5.75 Å². The Kier molecular flexibility index (Phi) is 2.41. The van der Waals surface area contributed by atoms with E-state index in [4.69, 9.17) is 4.52 Å². The average Bonchev–Trinajstić information content (AvgIpc) is 1.94. The van der Waals surface area contributed by atoms with Crippen molar-refractivity contribution in [2.45, 2.75) is 6.92 Å². The molecule has 0 saturated carbocycles. The van der Waals surface area contributed by atoms with E-state index < -0.39 is 8.69 Å². The number of hydrogen-bond acceptors (Lipinski definition) is 2. The fourth-order valence-corrected chi connectivity index (χ4v) is 1.03. The van der Waals surface area contributed by atoms with Crippen LogP contribution in [0.15, 0.2) is 24.3 Å². The van der Waals surface area contributed by atoms with Gasteiger partial charge in [-0.25, -0.2) is 0 Å². The summed E-state index contributed by atoms with van der Waals surface area (Å²) in [5, 5.41) is 0. The minimum Gasteiger partial charge on any atom is -0.256 e. The lowest BCUT2D eigenvalue weighted by Crippen LogP contribution is -1.78. The van der Waals surface area contributed by atoms with Crippen molar-refractivity contribution in [3.05, 3.63) is 29.8 Å². The molecule has 1 aromatic carbocycles. The minimum atomic E-state index is -0.718. The lowest BCUT2D eigenvalue weighted by molar-refractivity contribution is 0.523. The van der Waals surface area contributed by atoms with Gasteiger partial charge in [-0.1, -0.05) is 18.2 Å². The van der Waals surface area contributed by atoms with E-state index in [-0.39, 0.29) is 0 Å². The van der Waals surface area contributed by atoms with E-state index in [1.165, 1.54) is 0 Å². The molecule has 3 heteroatoms. The third-order valence-electron chi connectivity index (χ3n) is 1.25. The van der Waals surface area contributed by atoms with Gasteiger partial charge in [-0.2, -0.15) is 0 Å². The quantitative estimate of drug-likeness (QED) is 0.612. The van der Waals surface area contributed by atoms with Crippen LogP contribution in [0.2, 0.25) is 0 Å². The van der Waals surface area contributed by atoms with E-state index in [1.807, 2.05) is 25.1 Å². The molecule has 0 heterocycles. The van der Waals surface area contributed by atoms with Crippen molar-refractivity contribution in [2.75, 3.05) is 0 Å². The highest BCUT2D eigenvalue weighted by Gasteiger charge is 1.99. The zero-order chi connectivity index (χ0) is 7.40. The SMILES string of the molecule is Cc1ccccc1O[PH+]=O. The zero-order valence-corrected chi connectivity index (χ0v) is 6.63. The third kappa shape index (κ3) is 1.55. The van der Waals surface area contributed by atoms with Gasteiger partial charge in [0, 0.05) is 0 Å². The van der Waals surface area contributed by atoms with E-state index in [2.05, 4.69) is 0 Å². The van der Waals surface area contributed by atoms with Crippen LogP contribution >= 0.6 is 8.69 Å². The van der Waals surface area contributed by atoms with Crippen LogP contribution in [-0.4, -0.2) is 0 Å². The predicted octanol–water partition coefficient (Wildman–Crippen LogP) is 2.31. The first-order chi connectivity index (χ1) is 4.84. The smallest absolute Gasteiger partial charge is 0.256 e. The molecular weight excluding hydrogens is 147 g/mol. The summed E-state index contributed by atoms with van der Waals surface area (Å²) >= 11 is 0. The number of hydrogen-bond donors (Lipinski definition) is 0. The Hall–Kier alpha value is -0.880. The summed E-state index contributed by atoms with van der Waals surface area (Å²) in [5.41, 5.74) is 1.01. The molecule has 1 aromatic rings. The molecule has 0 radical (unpaired) electrons. The molecule has 10 heavy (non-hydrogen) atoms. The molecular formula is C7H8O2P+. The molecule has 0 aliphatic carbocycles. The van der Waals surface area contributed by atoms with Crippen LogP contribution in [0.25, 0.3) is 0 Å². The summed E-state index contributed by atoms with van der Waals surface area (Å²) < 4.78 is 14.9. The molecule has 0 saturated heterocycles. The van der Waals surface area contributed by atoms with Gasteiger partial charge in [0.25, 0.3) is 0 Å². The van der Waals surface area contributed by atoms with Crippen LogP contribution in [0.3, 0.4) is 0 Å². The molecule has 0 amide bonds. The lowest BCUT2D eigenvalue weighted by atomic mass is 10.2. The fourth-order valence-electron chi connectivity index (χ4n) is 0.716. The first-order valence-electron chi connectivity index (χ1n) is 2.94. The van der Waals surface area contributed by atoms with Gasteiger partial charge in [0.2, 0.25) is 0 Å². The summed E-state index contributed by atoms with van der Waals surface area (Å²) in [6, 6.07) is 7.47. The first kappa shape index (κ1) is 7.23. The minimum absolute atomic E-state index is 0.691. The number of para-hydroxylation sites is 1. The summed E-state index contributed by atoms with van der Waals surface area (Å²) in [4.78, 5) is 0. The van der Waals surface area contributed by atoms with Crippen molar-refractivity contribution in [1.29, 1.82) is 0 Å². The van der Waals surface area contributed by atoms with Gasteiger partial charge in [0.05, 0.1) is 0 Å². The molecule has 0 aliphatic rings. The highest BCUT2D eigenvalue weighted by atomic mass is 31.1. The van der Waals surface area contributed by atoms with Crippen molar-refractivity contribution >= 4 is 8.69 Å². The Morgan fingerprint density at radius 1 is 1.40 bits per heavy atom. The van der Waals surface area contributed by atoms with E-state index in [1.54, 1.807) is 6.07 Å². The Balaban J connectivity index is 2.91. The average molecular weight is 155 g/mol. The Morgan fingerprint density at radius 2 is 2.10 bits per heavy atom. The molecule has 1 unspecified atom stereocenters. The number of benzene rings is 1. The van der Waals surface area contributed by atoms with Crippen molar-refractivity contribution in [2.24, 2.45) is 0 Å². The second-order valence-corrected chi connectivity index (χ2v) is 2.32. The number of aryl methyl sites for hydroxylation is 1. The van der Waals surface area contributed by atoms with E-state index in [9.17, 15) is 4.57 Å². The van der Waals surface area contributed by atoms with Gasteiger partial charge in [0.1, 0.15) is 0 Å². The summed E-state index contributed by atoms with van der Waals surface area (Å²) in [7, 11) is -0.718. The van der Waals surface area contributed by atoms with Crippen LogP contribution in [-0.2, 0) is 4.57 Å².